The quantitative estimate of drug-likeness (QED) is 0.696. The van der Waals surface area contributed by atoms with Crippen LogP contribution in [0.4, 0.5) is 0 Å². The van der Waals surface area contributed by atoms with Crippen LogP contribution in [0.2, 0.25) is 0 Å². The summed E-state index contributed by atoms with van der Waals surface area (Å²) in [4.78, 5) is 4.38. The molecule has 2 aromatic rings. The normalized spacial score (nSPS) is 11.5. The number of hydrogen-bond donors (Lipinski definition) is 0. The molecule has 0 bridgehead atoms. The third-order valence-electron chi connectivity index (χ3n) is 3.39. The van der Waals surface area contributed by atoms with E-state index in [0.29, 0.717) is 11.8 Å². The van der Waals surface area contributed by atoms with Gasteiger partial charge in [0.15, 0.2) is 0 Å². The Labute approximate surface area is 132 Å². The number of halogens is 1. The van der Waals surface area contributed by atoms with Gasteiger partial charge in [0.1, 0.15) is 5.75 Å². The molecule has 3 heteroatoms. The van der Waals surface area contributed by atoms with Crippen molar-refractivity contribution in [3.05, 3.63) is 52.7 Å². The lowest BCUT2D eigenvalue weighted by Gasteiger charge is -2.23. The molecule has 0 atom stereocenters. The second-order valence-electron chi connectivity index (χ2n) is 6.45. The van der Waals surface area contributed by atoms with Crippen molar-refractivity contribution in [2.45, 2.75) is 45.9 Å². The van der Waals surface area contributed by atoms with Gasteiger partial charge in [0.05, 0.1) is 0 Å². The number of rotatable bonds is 3. The first-order chi connectivity index (χ1) is 9.81. The zero-order valence-corrected chi connectivity index (χ0v) is 14.1. The van der Waals surface area contributed by atoms with Gasteiger partial charge < -0.3 is 4.74 Å². The van der Waals surface area contributed by atoms with Gasteiger partial charge in [-0.2, -0.15) is 0 Å². The van der Waals surface area contributed by atoms with E-state index in [9.17, 15) is 0 Å². The maximum absolute atomic E-state index is 6.07. The summed E-state index contributed by atoms with van der Waals surface area (Å²) in [6.45, 7) is 10.6. The summed E-state index contributed by atoms with van der Waals surface area (Å²) in [5.41, 5.74) is 4.43. The van der Waals surface area contributed by atoms with E-state index in [2.05, 4.69) is 44.8 Å². The molecule has 0 fully saturated rings. The van der Waals surface area contributed by atoms with Crippen molar-refractivity contribution in [2.24, 2.45) is 0 Å². The minimum atomic E-state index is 0.0192. The molecule has 2 rings (SSSR count). The number of ether oxygens (including phenoxy) is 1. The Morgan fingerprint density at radius 3 is 2.43 bits per heavy atom. The smallest absolute Gasteiger partial charge is 0.222 e. The third kappa shape index (κ3) is 3.76. The molecule has 112 valence electrons. The largest absolute Gasteiger partial charge is 0.438 e. The topological polar surface area (TPSA) is 22.1 Å². The molecule has 0 N–H and O–H groups in total. The van der Waals surface area contributed by atoms with Crippen molar-refractivity contribution in [3.63, 3.8) is 0 Å². The SMILES string of the molecule is Cc1ccc(Oc2ncc(CCl)cc2C)c(C(C)(C)C)c1. The first-order valence-electron chi connectivity index (χ1n) is 7.11. The molecule has 0 radical (unpaired) electrons. The molecule has 0 amide bonds. The van der Waals surface area contributed by atoms with E-state index in [4.69, 9.17) is 16.3 Å². The fourth-order valence-corrected chi connectivity index (χ4v) is 2.37. The van der Waals surface area contributed by atoms with Gasteiger partial charge in [-0.15, -0.1) is 11.6 Å². The average molecular weight is 304 g/mol. The Kier molecular flexibility index (Phi) is 4.58. The summed E-state index contributed by atoms with van der Waals surface area (Å²) < 4.78 is 6.07. The van der Waals surface area contributed by atoms with Crippen LogP contribution in [0.3, 0.4) is 0 Å². The predicted octanol–water partition coefficient (Wildman–Crippen LogP) is 5.53. The van der Waals surface area contributed by atoms with Crippen LogP contribution in [0.5, 0.6) is 11.6 Å². The van der Waals surface area contributed by atoms with E-state index in [1.54, 1.807) is 6.20 Å². The van der Waals surface area contributed by atoms with E-state index >= 15 is 0 Å². The van der Waals surface area contributed by atoms with Crippen molar-refractivity contribution in [2.75, 3.05) is 0 Å². The molecule has 0 unspecified atom stereocenters. The second kappa shape index (κ2) is 6.07. The van der Waals surface area contributed by atoms with Gasteiger partial charge in [-0.05, 0) is 37.0 Å². The molecular weight excluding hydrogens is 282 g/mol. The molecule has 1 aromatic carbocycles. The Balaban J connectivity index is 2.40. The van der Waals surface area contributed by atoms with Crippen molar-refractivity contribution < 1.29 is 4.74 Å². The van der Waals surface area contributed by atoms with Crippen LogP contribution >= 0.6 is 11.6 Å². The first kappa shape index (κ1) is 15.8. The summed E-state index contributed by atoms with van der Waals surface area (Å²) in [5, 5.41) is 0. The summed E-state index contributed by atoms with van der Waals surface area (Å²) >= 11 is 5.83. The Bertz CT molecular complexity index is 644. The highest BCUT2D eigenvalue weighted by Crippen LogP contribution is 2.35. The fourth-order valence-electron chi connectivity index (χ4n) is 2.22. The molecule has 0 aliphatic heterocycles. The van der Waals surface area contributed by atoms with E-state index in [-0.39, 0.29) is 5.41 Å². The molecule has 2 nitrogen and oxygen atoms in total. The number of aryl methyl sites for hydroxylation is 2. The monoisotopic (exact) mass is 303 g/mol. The molecule has 1 aromatic heterocycles. The van der Waals surface area contributed by atoms with Gasteiger partial charge in [-0.25, -0.2) is 4.98 Å². The van der Waals surface area contributed by atoms with E-state index in [1.165, 1.54) is 11.1 Å². The van der Waals surface area contributed by atoms with Crippen LogP contribution in [-0.2, 0) is 11.3 Å². The van der Waals surface area contributed by atoms with Crippen molar-refractivity contribution in [3.8, 4) is 11.6 Å². The molecule has 0 saturated carbocycles. The zero-order valence-electron chi connectivity index (χ0n) is 13.3. The summed E-state index contributed by atoms with van der Waals surface area (Å²) in [6, 6.07) is 8.28. The van der Waals surface area contributed by atoms with Gasteiger partial charge in [-0.1, -0.05) is 38.5 Å². The number of pyridine rings is 1. The van der Waals surface area contributed by atoms with Gasteiger partial charge >= 0.3 is 0 Å². The van der Waals surface area contributed by atoms with Crippen LogP contribution in [0.25, 0.3) is 0 Å². The number of alkyl halides is 1. The highest BCUT2D eigenvalue weighted by atomic mass is 35.5. The summed E-state index contributed by atoms with van der Waals surface area (Å²) in [5.74, 6) is 1.96. The van der Waals surface area contributed by atoms with E-state index in [1.807, 2.05) is 19.1 Å². The van der Waals surface area contributed by atoms with Gasteiger partial charge in [0, 0.05) is 23.2 Å². The Hall–Kier alpha value is -1.54. The van der Waals surface area contributed by atoms with E-state index < -0.39 is 0 Å². The molecular formula is C18H22ClNO. The zero-order chi connectivity index (χ0) is 15.6. The number of nitrogens with zero attached hydrogens (tertiary/aromatic N) is 1. The van der Waals surface area contributed by atoms with Gasteiger partial charge in [-0.3, -0.25) is 0 Å². The van der Waals surface area contributed by atoms with Gasteiger partial charge in [0.25, 0.3) is 0 Å². The van der Waals surface area contributed by atoms with Crippen LogP contribution in [0.1, 0.15) is 43.0 Å². The molecule has 21 heavy (non-hydrogen) atoms. The van der Waals surface area contributed by atoms with Crippen LogP contribution in [-0.4, -0.2) is 4.98 Å². The second-order valence-corrected chi connectivity index (χ2v) is 6.72. The van der Waals surface area contributed by atoms with Crippen molar-refractivity contribution in [1.82, 2.24) is 4.98 Å². The minimum Gasteiger partial charge on any atom is -0.438 e. The molecule has 0 aliphatic carbocycles. The maximum Gasteiger partial charge on any atom is 0.222 e. The molecule has 0 spiro atoms. The van der Waals surface area contributed by atoms with Crippen LogP contribution < -0.4 is 4.74 Å². The minimum absolute atomic E-state index is 0.0192. The maximum atomic E-state index is 6.07. The number of hydrogen-bond acceptors (Lipinski definition) is 2. The van der Waals surface area contributed by atoms with Crippen LogP contribution in [0, 0.1) is 13.8 Å². The lowest BCUT2D eigenvalue weighted by molar-refractivity contribution is 0.436. The van der Waals surface area contributed by atoms with Crippen molar-refractivity contribution in [1.29, 1.82) is 0 Å². The Morgan fingerprint density at radius 2 is 1.86 bits per heavy atom. The molecule has 1 heterocycles. The number of benzene rings is 1. The predicted molar refractivity (Wildman–Crippen MR) is 88.5 cm³/mol. The molecule has 0 saturated heterocycles. The van der Waals surface area contributed by atoms with Crippen LogP contribution in [0.15, 0.2) is 30.5 Å². The summed E-state index contributed by atoms with van der Waals surface area (Å²) in [6.07, 6.45) is 1.76. The highest BCUT2D eigenvalue weighted by molar-refractivity contribution is 6.17. The number of aromatic nitrogens is 1. The molecule has 0 aliphatic rings. The Morgan fingerprint density at radius 1 is 1.14 bits per heavy atom. The first-order valence-corrected chi connectivity index (χ1v) is 7.65. The van der Waals surface area contributed by atoms with Gasteiger partial charge in [0.2, 0.25) is 5.88 Å². The lowest BCUT2D eigenvalue weighted by atomic mass is 9.85. The standard InChI is InChI=1S/C18H22ClNO/c1-12-6-7-16(15(8-12)18(3,4)5)21-17-13(2)9-14(10-19)11-20-17/h6-9,11H,10H2,1-5H3. The average Bonchev–Trinajstić information content (AvgIpc) is 2.41. The fraction of sp³-hybridized carbons (Fsp3) is 0.389. The lowest BCUT2D eigenvalue weighted by Crippen LogP contribution is -2.13. The van der Waals surface area contributed by atoms with Crippen molar-refractivity contribution >= 4 is 11.6 Å². The third-order valence-corrected chi connectivity index (χ3v) is 3.70. The van der Waals surface area contributed by atoms with E-state index in [0.717, 1.165) is 16.9 Å². The summed E-state index contributed by atoms with van der Waals surface area (Å²) in [7, 11) is 0. The highest BCUT2D eigenvalue weighted by Gasteiger charge is 2.20.